The van der Waals surface area contributed by atoms with E-state index in [2.05, 4.69) is 4.98 Å². The van der Waals surface area contributed by atoms with Crippen molar-refractivity contribution < 1.29 is 17.9 Å². The summed E-state index contributed by atoms with van der Waals surface area (Å²) in [6.07, 6.45) is 0. The molecule has 0 unspecified atom stereocenters. The summed E-state index contributed by atoms with van der Waals surface area (Å²) in [5.74, 6) is -3.41. The van der Waals surface area contributed by atoms with Crippen LogP contribution in [0, 0.1) is 24.4 Å². The zero-order chi connectivity index (χ0) is 13.3. The molecule has 0 aliphatic carbocycles. The molecule has 2 rings (SSSR count). The van der Waals surface area contributed by atoms with E-state index in [1.165, 1.54) is 12.1 Å². The summed E-state index contributed by atoms with van der Waals surface area (Å²) in [6.45, 7) is 1.65. The highest BCUT2D eigenvalue weighted by Gasteiger charge is 2.13. The van der Waals surface area contributed by atoms with Crippen molar-refractivity contribution in [1.82, 2.24) is 4.98 Å². The second kappa shape index (κ2) is 4.56. The number of hydrogen-bond donors (Lipinski definition) is 1. The van der Waals surface area contributed by atoms with Crippen molar-refractivity contribution in [3.63, 3.8) is 0 Å². The summed E-state index contributed by atoms with van der Waals surface area (Å²) in [5, 5.41) is 0. The number of nitrogens with two attached hydrogens (primary N) is 1. The van der Waals surface area contributed by atoms with E-state index in [4.69, 9.17) is 10.5 Å². The minimum absolute atomic E-state index is 0.0902. The van der Waals surface area contributed by atoms with E-state index in [1.54, 1.807) is 6.92 Å². The lowest BCUT2D eigenvalue weighted by Gasteiger charge is -2.09. The Balaban J connectivity index is 2.40. The molecule has 6 heteroatoms. The number of anilines is 1. The number of aromatic nitrogens is 1. The minimum Gasteiger partial charge on any atom is -0.436 e. The summed E-state index contributed by atoms with van der Waals surface area (Å²) < 4.78 is 44.4. The van der Waals surface area contributed by atoms with Gasteiger partial charge in [-0.15, -0.1) is 0 Å². The highest BCUT2D eigenvalue weighted by atomic mass is 19.1. The quantitative estimate of drug-likeness (QED) is 0.895. The van der Waals surface area contributed by atoms with Gasteiger partial charge in [-0.25, -0.2) is 13.2 Å². The van der Waals surface area contributed by atoms with Crippen molar-refractivity contribution in [2.24, 2.45) is 0 Å². The van der Waals surface area contributed by atoms with Gasteiger partial charge in [0, 0.05) is 12.1 Å². The standard InChI is InChI=1S/C12H9F3N2O/c1-6-2-3-7(13)4-10(6)18-12-9(15)5-8(14)11(16)17-12/h2-5H,1H3,(H2,16,17). The lowest BCUT2D eigenvalue weighted by Crippen LogP contribution is -2.01. The van der Waals surface area contributed by atoms with Crippen molar-refractivity contribution in [2.45, 2.75) is 6.92 Å². The number of halogens is 3. The Morgan fingerprint density at radius 2 is 1.83 bits per heavy atom. The zero-order valence-corrected chi connectivity index (χ0v) is 9.38. The number of hydrogen-bond acceptors (Lipinski definition) is 3. The van der Waals surface area contributed by atoms with Crippen molar-refractivity contribution in [3.05, 3.63) is 47.3 Å². The first-order valence-corrected chi connectivity index (χ1v) is 5.03. The van der Waals surface area contributed by atoms with Gasteiger partial charge in [0.2, 0.25) is 0 Å². The van der Waals surface area contributed by atoms with Crippen molar-refractivity contribution >= 4 is 5.82 Å². The molecule has 1 aromatic carbocycles. The Bertz CT molecular complexity index is 602. The van der Waals surface area contributed by atoms with Crippen LogP contribution in [0.5, 0.6) is 11.6 Å². The maximum absolute atomic E-state index is 13.4. The monoisotopic (exact) mass is 254 g/mol. The minimum atomic E-state index is -1.01. The average molecular weight is 254 g/mol. The van der Waals surface area contributed by atoms with E-state index in [0.29, 0.717) is 11.6 Å². The Morgan fingerprint density at radius 3 is 2.56 bits per heavy atom. The molecule has 0 saturated heterocycles. The Morgan fingerprint density at radius 1 is 1.11 bits per heavy atom. The van der Waals surface area contributed by atoms with Gasteiger partial charge in [0.1, 0.15) is 11.6 Å². The summed E-state index contributed by atoms with van der Waals surface area (Å²) in [7, 11) is 0. The van der Waals surface area contributed by atoms with Crippen LogP contribution in [-0.2, 0) is 0 Å². The number of nitrogen functional groups attached to an aromatic ring is 1. The maximum atomic E-state index is 13.4. The predicted molar refractivity (Wildman–Crippen MR) is 59.8 cm³/mol. The molecule has 0 atom stereocenters. The van der Waals surface area contributed by atoms with Gasteiger partial charge in [0.05, 0.1) is 0 Å². The highest BCUT2D eigenvalue weighted by Crippen LogP contribution is 2.27. The molecule has 0 saturated carbocycles. The van der Waals surface area contributed by atoms with Crippen LogP contribution in [0.1, 0.15) is 5.56 Å². The third-order valence-electron chi connectivity index (χ3n) is 2.28. The Labute approximate surface area is 101 Å². The fourth-order valence-electron chi connectivity index (χ4n) is 1.32. The Hall–Kier alpha value is -2.24. The van der Waals surface area contributed by atoms with Crippen molar-refractivity contribution in [3.8, 4) is 11.6 Å². The number of pyridine rings is 1. The molecule has 1 heterocycles. The lowest BCUT2D eigenvalue weighted by molar-refractivity contribution is 0.413. The van der Waals surface area contributed by atoms with Gasteiger partial charge in [-0.3, -0.25) is 0 Å². The molecule has 94 valence electrons. The van der Waals surface area contributed by atoms with E-state index < -0.39 is 29.1 Å². The highest BCUT2D eigenvalue weighted by molar-refractivity contribution is 5.39. The molecule has 0 radical (unpaired) electrons. The molecule has 18 heavy (non-hydrogen) atoms. The van der Waals surface area contributed by atoms with Crippen LogP contribution in [-0.4, -0.2) is 4.98 Å². The smallest absolute Gasteiger partial charge is 0.258 e. The fourth-order valence-corrected chi connectivity index (χ4v) is 1.32. The summed E-state index contributed by atoms with van der Waals surface area (Å²) in [5.41, 5.74) is 5.79. The summed E-state index contributed by atoms with van der Waals surface area (Å²) in [4.78, 5) is 3.42. The molecular formula is C12H9F3N2O. The van der Waals surface area contributed by atoms with Crippen LogP contribution in [0.25, 0.3) is 0 Å². The molecule has 0 spiro atoms. The average Bonchev–Trinajstić information content (AvgIpc) is 2.30. The molecule has 0 fully saturated rings. The number of aryl methyl sites for hydroxylation is 1. The van der Waals surface area contributed by atoms with Crippen LogP contribution < -0.4 is 10.5 Å². The van der Waals surface area contributed by atoms with Gasteiger partial charge < -0.3 is 10.5 Å². The molecule has 0 aliphatic heterocycles. The van der Waals surface area contributed by atoms with Crippen molar-refractivity contribution in [2.75, 3.05) is 5.73 Å². The summed E-state index contributed by atoms with van der Waals surface area (Å²) in [6, 6.07) is 4.35. The molecule has 0 amide bonds. The fraction of sp³-hybridized carbons (Fsp3) is 0.0833. The molecule has 2 aromatic rings. The second-order valence-electron chi connectivity index (χ2n) is 3.65. The SMILES string of the molecule is Cc1ccc(F)cc1Oc1nc(N)c(F)cc1F. The molecule has 0 aliphatic rings. The van der Waals surface area contributed by atoms with Gasteiger partial charge in [0.15, 0.2) is 17.5 Å². The first-order valence-electron chi connectivity index (χ1n) is 5.03. The van der Waals surface area contributed by atoms with Gasteiger partial charge >= 0.3 is 0 Å². The molecule has 2 N–H and O–H groups in total. The zero-order valence-electron chi connectivity index (χ0n) is 9.38. The van der Waals surface area contributed by atoms with E-state index in [-0.39, 0.29) is 5.75 Å². The van der Waals surface area contributed by atoms with Crippen LogP contribution >= 0.6 is 0 Å². The van der Waals surface area contributed by atoms with Crippen LogP contribution in [0.3, 0.4) is 0 Å². The normalized spacial score (nSPS) is 10.4. The Kier molecular flexibility index (Phi) is 3.10. The number of benzene rings is 1. The number of nitrogens with zero attached hydrogens (tertiary/aromatic N) is 1. The van der Waals surface area contributed by atoms with E-state index in [9.17, 15) is 13.2 Å². The number of ether oxygens (including phenoxy) is 1. The molecular weight excluding hydrogens is 245 g/mol. The van der Waals surface area contributed by atoms with Gasteiger partial charge in [0.25, 0.3) is 5.88 Å². The first kappa shape index (κ1) is 12.2. The third kappa shape index (κ3) is 2.37. The predicted octanol–water partition coefficient (Wildman–Crippen LogP) is 3.18. The molecule has 0 bridgehead atoms. The van der Waals surface area contributed by atoms with E-state index >= 15 is 0 Å². The van der Waals surface area contributed by atoms with Crippen LogP contribution in [0.15, 0.2) is 24.3 Å². The van der Waals surface area contributed by atoms with Crippen LogP contribution in [0.4, 0.5) is 19.0 Å². The topological polar surface area (TPSA) is 48.1 Å². The molecule has 3 nitrogen and oxygen atoms in total. The van der Waals surface area contributed by atoms with E-state index in [1.807, 2.05) is 0 Å². The first-order chi connectivity index (χ1) is 8.47. The van der Waals surface area contributed by atoms with Gasteiger partial charge in [-0.2, -0.15) is 4.98 Å². The van der Waals surface area contributed by atoms with Gasteiger partial charge in [-0.05, 0) is 18.6 Å². The number of rotatable bonds is 2. The van der Waals surface area contributed by atoms with Gasteiger partial charge in [-0.1, -0.05) is 6.07 Å². The summed E-state index contributed by atoms with van der Waals surface area (Å²) >= 11 is 0. The lowest BCUT2D eigenvalue weighted by atomic mass is 10.2. The largest absolute Gasteiger partial charge is 0.436 e. The molecule has 1 aromatic heterocycles. The second-order valence-corrected chi connectivity index (χ2v) is 3.65. The van der Waals surface area contributed by atoms with Crippen molar-refractivity contribution in [1.29, 1.82) is 0 Å². The van der Waals surface area contributed by atoms with Crippen LogP contribution in [0.2, 0.25) is 0 Å². The van der Waals surface area contributed by atoms with E-state index in [0.717, 1.165) is 6.07 Å². The maximum Gasteiger partial charge on any atom is 0.258 e. The third-order valence-corrected chi connectivity index (χ3v) is 2.28.